The summed E-state index contributed by atoms with van der Waals surface area (Å²) < 4.78 is 15.1. The quantitative estimate of drug-likeness (QED) is 0.544. The number of rotatable bonds is 3. The largest absolute Gasteiger partial charge is 0.271 e. The van der Waals surface area contributed by atoms with E-state index in [2.05, 4.69) is 38.9 Å². The molecular formula is C15H12BrFN2S. The molecule has 20 heavy (non-hydrogen) atoms. The van der Waals surface area contributed by atoms with E-state index in [0.29, 0.717) is 4.47 Å². The van der Waals surface area contributed by atoms with Gasteiger partial charge in [0.15, 0.2) is 0 Å². The Bertz CT molecular complexity index is 756. The van der Waals surface area contributed by atoms with E-state index in [-0.39, 0.29) is 11.9 Å². The Morgan fingerprint density at radius 1 is 1.15 bits per heavy atom. The summed E-state index contributed by atoms with van der Waals surface area (Å²) in [5, 5.41) is 3.24. The van der Waals surface area contributed by atoms with Gasteiger partial charge in [-0.3, -0.25) is 5.84 Å². The number of benzene rings is 2. The summed E-state index contributed by atoms with van der Waals surface area (Å²) >= 11 is 5.08. The summed E-state index contributed by atoms with van der Waals surface area (Å²) in [5.41, 5.74) is 4.83. The first-order valence-electron chi connectivity index (χ1n) is 6.08. The molecule has 2 nitrogen and oxygen atoms in total. The van der Waals surface area contributed by atoms with E-state index < -0.39 is 0 Å². The highest BCUT2D eigenvalue weighted by Gasteiger charge is 2.18. The van der Waals surface area contributed by atoms with Crippen molar-refractivity contribution < 1.29 is 4.39 Å². The van der Waals surface area contributed by atoms with E-state index >= 15 is 0 Å². The smallest absolute Gasteiger partial charge is 0.124 e. The van der Waals surface area contributed by atoms with Crippen LogP contribution >= 0.6 is 27.3 Å². The van der Waals surface area contributed by atoms with Crippen LogP contribution in [0.5, 0.6) is 0 Å². The van der Waals surface area contributed by atoms with E-state index in [1.807, 2.05) is 12.1 Å². The maximum absolute atomic E-state index is 13.2. The number of fused-ring (bicyclic) bond motifs is 1. The third-order valence-electron chi connectivity index (χ3n) is 3.26. The van der Waals surface area contributed by atoms with Crippen LogP contribution in [0.1, 0.15) is 17.2 Å². The van der Waals surface area contributed by atoms with Crippen molar-refractivity contribution in [3.05, 3.63) is 69.3 Å². The minimum Gasteiger partial charge on any atom is -0.271 e. The van der Waals surface area contributed by atoms with Crippen molar-refractivity contribution in [3.63, 3.8) is 0 Å². The van der Waals surface area contributed by atoms with Crippen LogP contribution in [0.15, 0.2) is 52.3 Å². The van der Waals surface area contributed by atoms with Gasteiger partial charge in [-0.25, -0.2) is 9.82 Å². The molecule has 3 aromatic rings. The molecule has 1 unspecified atom stereocenters. The highest BCUT2D eigenvalue weighted by atomic mass is 79.9. The fraction of sp³-hybridized carbons (Fsp3) is 0.0667. The number of hydrogen-bond donors (Lipinski definition) is 2. The van der Waals surface area contributed by atoms with Crippen molar-refractivity contribution in [2.45, 2.75) is 6.04 Å². The molecule has 5 heteroatoms. The van der Waals surface area contributed by atoms with Crippen molar-refractivity contribution in [2.75, 3.05) is 0 Å². The Hall–Kier alpha value is -1.27. The molecule has 0 saturated heterocycles. The summed E-state index contributed by atoms with van der Waals surface area (Å²) in [5.74, 6) is 5.47. The second kappa shape index (κ2) is 5.61. The van der Waals surface area contributed by atoms with Crippen molar-refractivity contribution in [2.24, 2.45) is 5.84 Å². The Morgan fingerprint density at radius 3 is 2.75 bits per heavy atom. The van der Waals surface area contributed by atoms with Gasteiger partial charge in [0.1, 0.15) is 5.82 Å². The lowest BCUT2D eigenvalue weighted by atomic mass is 9.98. The maximum Gasteiger partial charge on any atom is 0.124 e. The number of nitrogens with one attached hydrogen (secondary N) is 1. The molecule has 1 aromatic heterocycles. The first-order chi connectivity index (χ1) is 9.70. The lowest BCUT2D eigenvalue weighted by Gasteiger charge is -2.19. The van der Waals surface area contributed by atoms with Gasteiger partial charge in [-0.1, -0.05) is 40.2 Å². The molecule has 0 fully saturated rings. The SMILES string of the molecule is NNC(c1ccc(F)cc1Br)c1cccc2ccsc12. The average molecular weight is 351 g/mol. The normalized spacial score (nSPS) is 12.8. The molecule has 0 aliphatic carbocycles. The Kier molecular flexibility index (Phi) is 3.85. The second-order valence-electron chi connectivity index (χ2n) is 4.45. The zero-order valence-electron chi connectivity index (χ0n) is 10.4. The molecule has 3 N–H and O–H groups in total. The number of hydrazine groups is 1. The number of hydrogen-bond acceptors (Lipinski definition) is 3. The van der Waals surface area contributed by atoms with Crippen molar-refractivity contribution >= 4 is 37.4 Å². The van der Waals surface area contributed by atoms with Gasteiger partial charge in [0, 0.05) is 9.17 Å². The van der Waals surface area contributed by atoms with Gasteiger partial charge in [-0.15, -0.1) is 11.3 Å². The monoisotopic (exact) mass is 350 g/mol. The van der Waals surface area contributed by atoms with E-state index in [0.717, 1.165) is 11.1 Å². The summed E-state index contributed by atoms with van der Waals surface area (Å²) in [4.78, 5) is 0. The molecule has 3 rings (SSSR count). The number of nitrogens with two attached hydrogens (primary N) is 1. The van der Waals surface area contributed by atoms with Crippen LogP contribution in [0, 0.1) is 5.82 Å². The zero-order valence-corrected chi connectivity index (χ0v) is 12.8. The standard InChI is InChI=1S/C15H12BrFN2S/c16-13-8-10(17)4-5-11(13)14(19-18)12-3-1-2-9-6-7-20-15(9)12/h1-8,14,19H,18H2. The minimum atomic E-state index is -0.272. The molecule has 0 aliphatic heterocycles. The van der Waals surface area contributed by atoms with Gasteiger partial charge in [-0.2, -0.15) is 0 Å². The molecule has 2 aromatic carbocycles. The first kappa shape index (κ1) is 13.7. The van der Waals surface area contributed by atoms with Crippen molar-refractivity contribution in [1.82, 2.24) is 5.43 Å². The lowest BCUT2D eigenvalue weighted by Crippen LogP contribution is -2.29. The van der Waals surface area contributed by atoms with Crippen molar-refractivity contribution in [1.29, 1.82) is 0 Å². The zero-order chi connectivity index (χ0) is 14.1. The lowest BCUT2D eigenvalue weighted by molar-refractivity contribution is 0.614. The van der Waals surface area contributed by atoms with Crippen LogP contribution in [-0.2, 0) is 0 Å². The summed E-state index contributed by atoms with van der Waals surface area (Å²) in [6.07, 6.45) is 0. The van der Waals surface area contributed by atoms with Gasteiger partial charge in [0.25, 0.3) is 0 Å². The molecule has 0 amide bonds. The third-order valence-corrected chi connectivity index (χ3v) is 4.93. The predicted molar refractivity (Wildman–Crippen MR) is 85.1 cm³/mol. The molecule has 0 bridgehead atoms. The summed E-state index contributed by atoms with van der Waals surface area (Å²) in [6.45, 7) is 0. The Morgan fingerprint density at radius 2 is 2.00 bits per heavy atom. The Balaban J connectivity index is 2.16. The number of halogens is 2. The molecule has 0 spiro atoms. The van der Waals surface area contributed by atoms with Gasteiger partial charge >= 0.3 is 0 Å². The molecule has 0 aliphatic rings. The summed E-state index contributed by atoms with van der Waals surface area (Å²) in [6, 6.07) is 12.7. The fourth-order valence-electron chi connectivity index (χ4n) is 2.33. The fourth-order valence-corrected chi connectivity index (χ4v) is 3.85. The molecule has 0 radical (unpaired) electrons. The molecule has 1 atom stereocenters. The first-order valence-corrected chi connectivity index (χ1v) is 7.75. The van der Waals surface area contributed by atoms with Crippen LogP contribution in [0.2, 0.25) is 0 Å². The summed E-state index contributed by atoms with van der Waals surface area (Å²) in [7, 11) is 0. The molecule has 1 heterocycles. The van der Waals surface area contributed by atoms with E-state index in [9.17, 15) is 4.39 Å². The molecule has 0 saturated carbocycles. The molecule has 102 valence electrons. The maximum atomic E-state index is 13.2. The highest BCUT2D eigenvalue weighted by molar-refractivity contribution is 9.10. The Labute approximate surface area is 128 Å². The van der Waals surface area contributed by atoms with Crippen LogP contribution in [0.4, 0.5) is 4.39 Å². The molecular weight excluding hydrogens is 339 g/mol. The van der Waals surface area contributed by atoms with Crippen molar-refractivity contribution in [3.8, 4) is 0 Å². The third kappa shape index (κ3) is 2.38. The van der Waals surface area contributed by atoms with Gasteiger partial charge in [0.2, 0.25) is 0 Å². The average Bonchev–Trinajstić information content (AvgIpc) is 2.91. The van der Waals surface area contributed by atoms with Gasteiger partial charge < -0.3 is 0 Å². The van der Waals surface area contributed by atoms with Crippen LogP contribution in [0.3, 0.4) is 0 Å². The predicted octanol–water partition coefficient (Wildman–Crippen LogP) is 4.36. The van der Waals surface area contributed by atoms with E-state index in [4.69, 9.17) is 5.84 Å². The highest BCUT2D eigenvalue weighted by Crippen LogP contribution is 2.34. The van der Waals surface area contributed by atoms with Gasteiger partial charge in [0.05, 0.1) is 6.04 Å². The van der Waals surface area contributed by atoms with Crippen LogP contribution in [-0.4, -0.2) is 0 Å². The van der Waals surface area contributed by atoms with E-state index in [1.54, 1.807) is 17.4 Å². The topological polar surface area (TPSA) is 38.0 Å². The number of thiophene rings is 1. The van der Waals surface area contributed by atoms with Crippen LogP contribution in [0.25, 0.3) is 10.1 Å². The van der Waals surface area contributed by atoms with Gasteiger partial charge in [-0.05, 0) is 40.1 Å². The second-order valence-corrected chi connectivity index (χ2v) is 6.22. The minimum absolute atomic E-state index is 0.188. The van der Waals surface area contributed by atoms with Crippen LogP contribution < -0.4 is 11.3 Å². The van der Waals surface area contributed by atoms with E-state index in [1.165, 1.54) is 22.2 Å².